The summed E-state index contributed by atoms with van der Waals surface area (Å²) < 4.78 is 23.9. The van der Waals surface area contributed by atoms with Crippen LogP contribution in [-0.4, -0.2) is 59.6 Å². The number of hydrogen-bond acceptors (Lipinski definition) is 7. The molecule has 0 unspecified atom stereocenters. The number of carboxylic acids is 2. The van der Waals surface area contributed by atoms with Crippen molar-refractivity contribution in [1.82, 2.24) is 16.0 Å². The molecule has 0 bridgehead atoms. The van der Waals surface area contributed by atoms with Gasteiger partial charge in [0.25, 0.3) is 0 Å². The summed E-state index contributed by atoms with van der Waals surface area (Å²) in [6.45, 7) is 0.147. The number of halogens is 1. The SMILES string of the molecule is NS(=O)(=O)c1ccc(NC(=S)N[C@@H](CCC(=O)O)C(=O)N[C@@H](CCC(=O)O)C(=O)NCc2ccc(I)cc2)cc1. The van der Waals surface area contributed by atoms with Gasteiger partial charge in [-0.05, 0) is 89.6 Å². The number of benzene rings is 2. The minimum Gasteiger partial charge on any atom is -0.481 e. The van der Waals surface area contributed by atoms with Crippen LogP contribution in [0.3, 0.4) is 0 Å². The Morgan fingerprint density at radius 3 is 1.88 bits per heavy atom. The first kappa shape index (κ1) is 32.9. The van der Waals surface area contributed by atoms with E-state index in [1.54, 1.807) is 0 Å². The van der Waals surface area contributed by atoms with Crippen LogP contribution in [0.15, 0.2) is 53.4 Å². The van der Waals surface area contributed by atoms with Crippen molar-refractivity contribution in [2.75, 3.05) is 5.32 Å². The molecule has 0 aliphatic rings. The topological polar surface area (TPSA) is 217 Å². The molecule has 0 saturated heterocycles. The molecule has 16 heteroatoms. The molecule has 2 atom stereocenters. The first-order valence-corrected chi connectivity index (χ1v) is 14.7. The highest BCUT2D eigenvalue weighted by Crippen LogP contribution is 2.13. The molecular formula is C24H28IN5O8S2. The fourth-order valence-corrected chi connectivity index (χ4v) is 4.45. The minimum absolute atomic E-state index is 0.0841. The highest BCUT2D eigenvalue weighted by atomic mass is 127. The Balaban J connectivity index is 2.11. The van der Waals surface area contributed by atoms with Crippen molar-refractivity contribution in [3.8, 4) is 0 Å². The summed E-state index contributed by atoms with van der Waals surface area (Å²) in [4.78, 5) is 48.2. The van der Waals surface area contributed by atoms with Gasteiger partial charge in [0.1, 0.15) is 12.1 Å². The number of nitrogens with two attached hydrogens (primary N) is 1. The molecular weight excluding hydrogens is 677 g/mol. The van der Waals surface area contributed by atoms with Gasteiger partial charge in [0.15, 0.2) is 5.11 Å². The number of rotatable bonds is 14. The zero-order valence-corrected chi connectivity index (χ0v) is 24.7. The van der Waals surface area contributed by atoms with Gasteiger partial charge in [-0.3, -0.25) is 19.2 Å². The Morgan fingerprint density at radius 1 is 0.850 bits per heavy atom. The highest BCUT2D eigenvalue weighted by Gasteiger charge is 2.27. The molecule has 8 N–H and O–H groups in total. The van der Waals surface area contributed by atoms with Crippen molar-refractivity contribution in [3.05, 3.63) is 57.7 Å². The van der Waals surface area contributed by atoms with Crippen molar-refractivity contribution in [2.24, 2.45) is 5.14 Å². The summed E-state index contributed by atoms with van der Waals surface area (Å²) in [5, 5.41) is 33.8. The van der Waals surface area contributed by atoms with E-state index in [9.17, 15) is 27.6 Å². The van der Waals surface area contributed by atoms with Gasteiger partial charge < -0.3 is 31.5 Å². The number of amides is 2. The number of carboxylic acid groups (broad SMARTS) is 2. The van der Waals surface area contributed by atoms with Gasteiger partial charge in [0, 0.05) is 28.6 Å². The third-order valence-corrected chi connectivity index (χ3v) is 7.24. The van der Waals surface area contributed by atoms with Crippen molar-refractivity contribution in [2.45, 2.75) is 49.2 Å². The number of hydrogen-bond donors (Lipinski definition) is 7. The van der Waals surface area contributed by atoms with Crippen molar-refractivity contribution >= 4 is 79.4 Å². The zero-order valence-electron chi connectivity index (χ0n) is 20.9. The molecule has 13 nitrogen and oxygen atoms in total. The molecule has 0 spiro atoms. The lowest BCUT2D eigenvalue weighted by atomic mass is 10.1. The van der Waals surface area contributed by atoms with Gasteiger partial charge in [-0.15, -0.1) is 0 Å². The largest absolute Gasteiger partial charge is 0.481 e. The second-order valence-corrected chi connectivity index (χ2v) is 11.7. The van der Waals surface area contributed by atoms with Crippen LogP contribution in [0.2, 0.25) is 0 Å². The van der Waals surface area contributed by atoms with Crippen LogP contribution in [0, 0.1) is 3.57 Å². The molecule has 40 heavy (non-hydrogen) atoms. The third-order valence-electron chi connectivity index (χ3n) is 5.37. The second kappa shape index (κ2) is 15.4. The quantitative estimate of drug-likeness (QED) is 0.109. The molecule has 0 radical (unpaired) electrons. The standard InChI is InChI=1S/C24H28IN5O8S2/c25-15-3-1-14(2-4-15)13-27-22(35)18(9-11-20(31)32)29-23(36)19(10-12-21(33)34)30-24(39)28-16-5-7-17(8-6-16)40(26,37)38/h1-8,18-19H,9-13H2,(H,27,35)(H,29,36)(H,31,32)(H,33,34)(H2,26,37,38)(H2,28,30,39)/t18-,19-/m0/s1. The van der Waals surface area contributed by atoms with Gasteiger partial charge in [-0.1, -0.05) is 12.1 Å². The van der Waals surface area contributed by atoms with Crippen LogP contribution >= 0.6 is 34.8 Å². The van der Waals surface area contributed by atoms with Crippen molar-refractivity contribution in [1.29, 1.82) is 0 Å². The van der Waals surface area contributed by atoms with Crippen LogP contribution in [0.1, 0.15) is 31.2 Å². The summed E-state index contributed by atoms with van der Waals surface area (Å²) in [5.41, 5.74) is 1.16. The summed E-state index contributed by atoms with van der Waals surface area (Å²) in [6.07, 6.45) is -1.22. The van der Waals surface area contributed by atoms with Gasteiger partial charge >= 0.3 is 11.9 Å². The molecule has 2 amide bonds. The lowest BCUT2D eigenvalue weighted by Gasteiger charge is -2.24. The molecule has 2 aromatic rings. The summed E-state index contributed by atoms with van der Waals surface area (Å²) in [5.74, 6) is -3.71. The number of aliphatic carboxylic acids is 2. The Morgan fingerprint density at radius 2 is 1.38 bits per heavy atom. The molecule has 0 aliphatic heterocycles. The van der Waals surface area contributed by atoms with E-state index >= 15 is 0 Å². The maximum atomic E-state index is 13.1. The average Bonchev–Trinajstić information content (AvgIpc) is 2.87. The Kier molecular flexibility index (Phi) is 12.7. The minimum atomic E-state index is -3.90. The number of carbonyl (C=O) groups excluding carboxylic acids is 2. The van der Waals surface area contributed by atoms with Crippen LogP contribution in [0.4, 0.5) is 5.69 Å². The van der Waals surface area contributed by atoms with Crippen LogP contribution in [-0.2, 0) is 35.7 Å². The molecule has 0 saturated carbocycles. The number of thiocarbonyl (C=S) groups is 1. The van der Waals surface area contributed by atoms with E-state index in [4.69, 9.17) is 27.6 Å². The van der Waals surface area contributed by atoms with E-state index < -0.39 is 58.7 Å². The Labute approximate surface area is 249 Å². The van der Waals surface area contributed by atoms with Gasteiger partial charge in [-0.2, -0.15) is 0 Å². The smallest absolute Gasteiger partial charge is 0.303 e. The molecule has 2 aromatic carbocycles. The van der Waals surface area contributed by atoms with Gasteiger partial charge in [0.2, 0.25) is 21.8 Å². The second-order valence-electron chi connectivity index (χ2n) is 8.49. The summed E-state index contributed by atoms with van der Waals surface area (Å²) in [6, 6.07) is 10.2. The maximum Gasteiger partial charge on any atom is 0.303 e. The van der Waals surface area contributed by atoms with E-state index in [0.29, 0.717) is 5.69 Å². The number of carbonyl (C=O) groups is 4. The fraction of sp³-hybridized carbons (Fsp3) is 0.292. The lowest BCUT2D eigenvalue weighted by Crippen LogP contribution is -2.54. The molecule has 0 aromatic heterocycles. The number of nitrogens with one attached hydrogen (secondary N) is 4. The van der Waals surface area contributed by atoms with Crippen LogP contribution in [0.5, 0.6) is 0 Å². The normalized spacial score (nSPS) is 12.4. The summed E-state index contributed by atoms with van der Waals surface area (Å²) in [7, 11) is -3.90. The molecule has 0 heterocycles. The molecule has 216 valence electrons. The van der Waals surface area contributed by atoms with E-state index in [-0.39, 0.29) is 29.4 Å². The Hall–Kier alpha value is -3.35. The maximum absolute atomic E-state index is 13.1. The third kappa shape index (κ3) is 11.8. The predicted molar refractivity (Wildman–Crippen MR) is 158 cm³/mol. The average molecular weight is 706 g/mol. The van der Waals surface area contributed by atoms with E-state index in [1.165, 1.54) is 24.3 Å². The first-order valence-electron chi connectivity index (χ1n) is 11.7. The predicted octanol–water partition coefficient (Wildman–Crippen LogP) is 1.12. The van der Waals surface area contributed by atoms with Gasteiger partial charge in [-0.25, -0.2) is 13.6 Å². The fourth-order valence-electron chi connectivity index (χ4n) is 3.31. The molecule has 0 fully saturated rings. The first-order chi connectivity index (χ1) is 18.7. The van der Waals surface area contributed by atoms with Crippen molar-refractivity contribution in [3.63, 3.8) is 0 Å². The summed E-state index contributed by atoms with van der Waals surface area (Å²) >= 11 is 7.36. The van der Waals surface area contributed by atoms with Crippen LogP contribution in [0.25, 0.3) is 0 Å². The van der Waals surface area contributed by atoms with Gasteiger partial charge in [0.05, 0.1) is 4.90 Å². The molecule has 2 rings (SSSR count). The Bertz CT molecular complexity index is 1340. The zero-order chi connectivity index (χ0) is 29.9. The van der Waals surface area contributed by atoms with E-state index in [2.05, 4.69) is 43.9 Å². The van der Waals surface area contributed by atoms with E-state index in [0.717, 1.165) is 9.13 Å². The number of primary sulfonamides is 1. The highest BCUT2D eigenvalue weighted by molar-refractivity contribution is 14.1. The lowest BCUT2D eigenvalue weighted by molar-refractivity contribution is -0.139. The number of sulfonamides is 1. The molecule has 0 aliphatic carbocycles. The van der Waals surface area contributed by atoms with Crippen molar-refractivity contribution < 1.29 is 37.8 Å². The van der Waals surface area contributed by atoms with Crippen LogP contribution < -0.4 is 26.4 Å². The monoisotopic (exact) mass is 705 g/mol. The van der Waals surface area contributed by atoms with E-state index in [1.807, 2.05) is 24.3 Å². The number of anilines is 1.